The second kappa shape index (κ2) is 11.0. The van der Waals surface area contributed by atoms with Crippen molar-refractivity contribution in [1.82, 2.24) is 5.32 Å². The first-order chi connectivity index (χ1) is 16.2. The van der Waals surface area contributed by atoms with Gasteiger partial charge in [0.05, 0.1) is 25.7 Å². The number of amides is 1. The summed E-state index contributed by atoms with van der Waals surface area (Å²) in [4.78, 5) is 37.7. The molecule has 7 heteroatoms. The number of ether oxygens (including phenoxy) is 2. The SMILES string of the molecule is COc1ccc2c(C)c(CCC(=O)NC(CC(=O)OC(C)C)c3ccc(C)cc3)c(=O)oc2c1. The van der Waals surface area contributed by atoms with Gasteiger partial charge in [0.15, 0.2) is 0 Å². The number of carbonyl (C=O) groups excluding carboxylic acids is 2. The van der Waals surface area contributed by atoms with Gasteiger partial charge in [-0.1, -0.05) is 29.8 Å². The van der Waals surface area contributed by atoms with Crippen LogP contribution in [-0.4, -0.2) is 25.1 Å². The molecule has 0 spiro atoms. The Morgan fingerprint density at radius 3 is 2.41 bits per heavy atom. The Kier molecular flexibility index (Phi) is 8.10. The lowest BCUT2D eigenvalue weighted by Crippen LogP contribution is -2.31. The summed E-state index contributed by atoms with van der Waals surface area (Å²) in [7, 11) is 1.55. The van der Waals surface area contributed by atoms with Crippen LogP contribution >= 0.6 is 0 Å². The van der Waals surface area contributed by atoms with E-state index < -0.39 is 11.7 Å². The van der Waals surface area contributed by atoms with E-state index in [1.54, 1.807) is 33.1 Å². The minimum absolute atomic E-state index is 0.0198. The predicted molar refractivity (Wildman–Crippen MR) is 130 cm³/mol. The average Bonchev–Trinajstić information content (AvgIpc) is 2.78. The van der Waals surface area contributed by atoms with Crippen molar-refractivity contribution < 1.29 is 23.5 Å². The van der Waals surface area contributed by atoms with Crippen molar-refractivity contribution in [3.05, 3.63) is 75.1 Å². The molecule has 34 heavy (non-hydrogen) atoms. The zero-order valence-corrected chi connectivity index (χ0v) is 20.3. The highest BCUT2D eigenvalue weighted by atomic mass is 16.5. The number of fused-ring (bicyclic) bond motifs is 1. The van der Waals surface area contributed by atoms with Crippen molar-refractivity contribution >= 4 is 22.8 Å². The van der Waals surface area contributed by atoms with E-state index in [0.29, 0.717) is 16.9 Å². The maximum atomic E-state index is 12.8. The Morgan fingerprint density at radius 1 is 1.06 bits per heavy atom. The molecule has 2 aromatic carbocycles. The number of rotatable bonds is 9. The summed E-state index contributed by atoms with van der Waals surface area (Å²) >= 11 is 0. The molecule has 0 saturated carbocycles. The van der Waals surface area contributed by atoms with Gasteiger partial charge in [-0.05, 0) is 57.4 Å². The van der Waals surface area contributed by atoms with Crippen LogP contribution in [0.3, 0.4) is 0 Å². The molecule has 0 saturated heterocycles. The van der Waals surface area contributed by atoms with Crippen molar-refractivity contribution in [2.75, 3.05) is 7.11 Å². The second-order valence-corrected chi connectivity index (χ2v) is 8.63. The number of carbonyl (C=O) groups is 2. The molecule has 3 rings (SSSR count). The molecule has 0 aliphatic rings. The van der Waals surface area contributed by atoms with Crippen LogP contribution in [-0.2, 0) is 20.7 Å². The van der Waals surface area contributed by atoms with E-state index in [0.717, 1.165) is 22.1 Å². The number of hydrogen-bond donors (Lipinski definition) is 1. The third-order valence-electron chi connectivity index (χ3n) is 5.65. The highest BCUT2D eigenvalue weighted by Gasteiger charge is 2.21. The zero-order valence-electron chi connectivity index (χ0n) is 20.3. The molecule has 1 unspecified atom stereocenters. The first-order valence-corrected chi connectivity index (χ1v) is 11.3. The summed E-state index contributed by atoms with van der Waals surface area (Å²) in [6, 6.07) is 12.4. The van der Waals surface area contributed by atoms with E-state index >= 15 is 0 Å². The van der Waals surface area contributed by atoms with Gasteiger partial charge >= 0.3 is 11.6 Å². The highest BCUT2D eigenvalue weighted by Crippen LogP contribution is 2.25. The number of nitrogens with one attached hydrogen (secondary N) is 1. The van der Waals surface area contributed by atoms with Crippen LogP contribution in [0.5, 0.6) is 5.75 Å². The largest absolute Gasteiger partial charge is 0.497 e. The molecule has 0 aliphatic carbocycles. The van der Waals surface area contributed by atoms with Crippen molar-refractivity contribution in [2.45, 2.75) is 59.1 Å². The third kappa shape index (κ3) is 6.25. The second-order valence-electron chi connectivity index (χ2n) is 8.63. The van der Waals surface area contributed by atoms with Crippen LogP contribution in [0.4, 0.5) is 0 Å². The molecule has 1 N–H and O–H groups in total. The summed E-state index contributed by atoms with van der Waals surface area (Å²) in [6.07, 6.45) is 0.0803. The Hall–Kier alpha value is -3.61. The summed E-state index contributed by atoms with van der Waals surface area (Å²) in [5.74, 6) is -0.0563. The number of aryl methyl sites for hydroxylation is 2. The van der Waals surface area contributed by atoms with Gasteiger partial charge in [0.2, 0.25) is 5.91 Å². The van der Waals surface area contributed by atoms with E-state index in [1.165, 1.54) is 0 Å². The maximum Gasteiger partial charge on any atom is 0.339 e. The van der Waals surface area contributed by atoms with Crippen molar-refractivity contribution in [2.24, 2.45) is 0 Å². The van der Waals surface area contributed by atoms with E-state index in [1.807, 2.05) is 44.2 Å². The quantitative estimate of drug-likeness (QED) is 0.368. The van der Waals surface area contributed by atoms with Crippen LogP contribution in [0.25, 0.3) is 11.0 Å². The molecule has 7 nitrogen and oxygen atoms in total. The molecule has 1 heterocycles. The van der Waals surface area contributed by atoms with Gasteiger partial charge in [0.1, 0.15) is 11.3 Å². The lowest BCUT2D eigenvalue weighted by atomic mass is 10.0. The van der Waals surface area contributed by atoms with Crippen LogP contribution in [0.2, 0.25) is 0 Å². The summed E-state index contributed by atoms with van der Waals surface area (Å²) < 4.78 is 15.9. The fourth-order valence-corrected chi connectivity index (χ4v) is 3.82. The van der Waals surface area contributed by atoms with Gasteiger partial charge in [-0.15, -0.1) is 0 Å². The van der Waals surface area contributed by atoms with Crippen molar-refractivity contribution in [3.63, 3.8) is 0 Å². The smallest absolute Gasteiger partial charge is 0.339 e. The molecule has 0 bridgehead atoms. The fourth-order valence-electron chi connectivity index (χ4n) is 3.82. The van der Waals surface area contributed by atoms with Crippen LogP contribution in [0, 0.1) is 13.8 Å². The standard InChI is InChI=1S/C27H31NO6/c1-16(2)33-26(30)15-23(19-8-6-17(3)7-9-19)28-25(29)13-12-22-18(4)21-11-10-20(32-5)14-24(21)34-27(22)31/h6-11,14,16,23H,12-13,15H2,1-5H3,(H,28,29). The summed E-state index contributed by atoms with van der Waals surface area (Å²) in [5, 5.41) is 3.73. The third-order valence-corrected chi connectivity index (χ3v) is 5.65. The zero-order chi connectivity index (χ0) is 24.8. The lowest BCUT2D eigenvalue weighted by Gasteiger charge is -2.20. The number of hydrogen-bond acceptors (Lipinski definition) is 6. The Morgan fingerprint density at radius 2 is 1.76 bits per heavy atom. The van der Waals surface area contributed by atoms with Crippen LogP contribution in [0.1, 0.15) is 55.0 Å². The van der Waals surface area contributed by atoms with Crippen LogP contribution in [0.15, 0.2) is 51.7 Å². The lowest BCUT2D eigenvalue weighted by molar-refractivity contribution is -0.148. The van der Waals surface area contributed by atoms with Crippen LogP contribution < -0.4 is 15.7 Å². The molecule has 3 aromatic rings. The number of benzene rings is 2. The van der Waals surface area contributed by atoms with Crippen molar-refractivity contribution in [1.29, 1.82) is 0 Å². The maximum absolute atomic E-state index is 12.8. The first-order valence-electron chi connectivity index (χ1n) is 11.3. The first kappa shape index (κ1) is 25.0. The molecule has 180 valence electrons. The van der Waals surface area contributed by atoms with Gasteiger partial charge in [0.25, 0.3) is 0 Å². The average molecular weight is 466 g/mol. The fraction of sp³-hybridized carbons (Fsp3) is 0.370. The minimum atomic E-state index is -0.527. The topological polar surface area (TPSA) is 94.8 Å². The van der Waals surface area contributed by atoms with E-state index in [-0.39, 0.29) is 37.2 Å². The Labute approximate surface area is 199 Å². The molecule has 1 atom stereocenters. The Bertz CT molecular complexity index is 1230. The molecular formula is C27H31NO6. The van der Waals surface area contributed by atoms with E-state index in [9.17, 15) is 14.4 Å². The minimum Gasteiger partial charge on any atom is -0.497 e. The molecule has 0 aliphatic heterocycles. The molecule has 0 fully saturated rings. The summed E-state index contributed by atoms with van der Waals surface area (Å²) in [6.45, 7) is 7.38. The van der Waals surface area contributed by atoms with Gasteiger partial charge in [-0.3, -0.25) is 9.59 Å². The molecule has 1 aromatic heterocycles. The molecule has 1 amide bonds. The molecule has 0 radical (unpaired) electrons. The normalized spacial score (nSPS) is 11.9. The summed E-state index contributed by atoms with van der Waals surface area (Å²) in [5.41, 5.74) is 3.10. The monoisotopic (exact) mass is 465 g/mol. The van der Waals surface area contributed by atoms with Gasteiger partial charge in [0, 0.05) is 23.4 Å². The Balaban J connectivity index is 1.75. The number of esters is 1. The van der Waals surface area contributed by atoms with Gasteiger partial charge < -0.3 is 19.2 Å². The van der Waals surface area contributed by atoms with E-state index in [2.05, 4.69) is 5.32 Å². The van der Waals surface area contributed by atoms with Gasteiger partial charge in [-0.25, -0.2) is 4.79 Å². The highest BCUT2D eigenvalue weighted by molar-refractivity contribution is 5.83. The number of methoxy groups -OCH3 is 1. The van der Waals surface area contributed by atoms with E-state index in [4.69, 9.17) is 13.9 Å². The van der Waals surface area contributed by atoms with Gasteiger partial charge in [-0.2, -0.15) is 0 Å². The predicted octanol–water partition coefficient (Wildman–Crippen LogP) is 4.55. The molecular weight excluding hydrogens is 434 g/mol. The van der Waals surface area contributed by atoms with Crippen molar-refractivity contribution in [3.8, 4) is 5.75 Å².